The highest BCUT2D eigenvalue weighted by Gasteiger charge is 2.17. The summed E-state index contributed by atoms with van der Waals surface area (Å²) >= 11 is 5.78. The normalized spacial score (nSPS) is 12.6. The molecule has 0 fully saturated rings. The Morgan fingerprint density at radius 3 is 2.24 bits per heavy atom. The molecule has 0 spiro atoms. The highest BCUT2D eigenvalue weighted by Crippen LogP contribution is 2.38. The lowest BCUT2D eigenvalue weighted by atomic mass is 9.98. The van der Waals surface area contributed by atoms with E-state index in [1.807, 2.05) is 18.2 Å². The van der Waals surface area contributed by atoms with Crippen molar-refractivity contribution < 1.29 is 8.78 Å². The van der Waals surface area contributed by atoms with E-state index in [4.69, 9.17) is 0 Å². The second-order valence-electron chi connectivity index (χ2n) is 4.71. The van der Waals surface area contributed by atoms with E-state index in [2.05, 4.69) is 38.5 Å². The average Bonchev–Trinajstić information content (AvgIpc) is 2.47. The molecule has 106 valence electrons. The highest BCUT2D eigenvalue weighted by atomic mass is 127. The summed E-state index contributed by atoms with van der Waals surface area (Å²) in [6.45, 7) is 0. The van der Waals surface area contributed by atoms with Crippen LogP contribution < -0.4 is 0 Å². The van der Waals surface area contributed by atoms with Crippen molar-refractivity contribution in [2.45, 2.75) is 4.83 Å². The van der Waals surface area contributed by atoms with Crippen LogP contribution in [-0.2, 0) is 0 Å². The van der Waals surface area contributed by atoms with Crippen molar-refractivity contribution in [2.75, 3.05) is 0 Å². The summed E-state index contributed by atoms with van der Waals surface area (Å²) in [5.41, 5.74) is 1.94. The van der Waals surface area contributed by atoms with E-state index in [1.165, 1.54) is 18.2 Å². The molecule has 0 aliphatic carbocycles. The van der Waals surface area contributed by atoms with E-state index >= 15 is 0 Å². The van der Waals surface area contributed by atoms with Crippen LogP contribution in [0.2, 0.25) is 0 Å². The van der Waals surface area contributed by atoms with Crippen molar-refractivity contribution in [3.05, 3.63) is 80.9 Å². The largest absolute Gasteiger partial charge is 0.207 e. The number of rotatable bonds is 2. The first kappa shape index (κ1) is 14.9. The van der Waals surface area contributed by atoms with Gasteiger partial charge in [-0.3, -0.25) is 0 Å². The summed E-state index contributed by atoms with van der Waals surface area (Å²) in [7, 11) is 0. The highest BCUT2D eigenvalue weighted by molar-refractivity contribution is 14.1. The monoisotopic (exact) mass is 458 g/mol. The lowest BCUT2D eigenvalue weighted by Crippen LogP contribution is -1.98. The summed E-state index contributed by atoms with van der Waals surface area (Å²) in [5, 5.41) is 1.45. The maximum Gasteiger partial charge on any atom is 0.131 e. The van der Waals surface area contributed by atoms with Gasteiger partial charge in [0.05, 0.1) is 4.83 Å². The molecule has 3 aromatic carbocycles. The number of hydrogen-bond acceptors (Lipinski definition) is 0. The van der Waals surface area contributed by atoms with Crippen molar-refractivity contribution in [2.24, 2.45) is 0 Å². The number of fused-ring (bicyclic) bond motifs is 1. The molecule has 0 amide bonds. The molecule has 0 saturated heterocycles. The lowest BCUT2D eigenvalue weighted by Gasteiger charge is -2.15. The van der Waals surface area contributed by atoms with Gasteiger partial charge in [-0.2, -0.15) is 0 Å². The van der Waals surface area contributed by atoms with Crippen molar-refractivity contribution >= 4 is 49.3 Å². The molecule has 0 nitrogen and oxygen atoms in total. The first-order valence-corrected chi connectivity index (χ1v) is 8.33. The molecular weight excluding hydrogens is 449 g/mol. The Bertz CT molecular complexity index is 817. The minimum atomic E-state index is -0.258. The van der Waals surface area contributed by atoms with E-state index in [9.17, 15) is 8.78 Å². The molecular formula is C17H10BrF2I. The van der Waals surface area contributed by atoms with E-state index < -0.39 is 0 Å². The van der Waals surface area contributed by atoms with E-state index in [0.717, 1.165) is 20.1 Å². The van der Waals surface area contributed by atoms with Crippen LogP contribution in [0.15, 0.2) is 54.6 Å². The first-order chi connectivity index (χ1) is 10.1. The molecule has 0 saturated carbocycles. The molecule has 3 rings (SSSR count). The average molecular weight is 459 g/mol. The molecule has 4 heteroatoms. The van der Waals surface area contributed by atoms with Gasteiger partial charge in [0.15, 0.2) is 0 Å². The second-order valence-corrected chi connectivity index (χ2v) is 6.79. The SMILES string of the molecule is Fc1ccc(C(Br)c2ccc(F)c3ccccc23)c(I)c1. The van der Waals surface area contributed by atoms with Crippen LogP contribution in [0.3, 0.4) is 0 Å². The third-order valence-corrected chi connectivity index (χ3v) is 5.33. The summed E-state index contributed by atoms with van der Waals surface area (Å²) < 4.78 is 28.0. The molecule has 0 aliphatic heterocycles. The maximum absolute atomic E-state index is 13.9. The fraction of sp³-hybridized carbons (Fsp3) is 0.0588. The summed E-state index contributed by atoms with van der Waals surface area (Å²) in [4.78, 5) is -0.115. The molecule has 0 aromatic heterocycles. The van der Waals surface area contributed by atoms with Gasteiger partial charge in [0.2, 0.25) is 0 Å². The van der Waals surface area contributed by atoms with Crippen LogP contribution in [0, 0.1) is 15.2 Å². The van der Waals surface area contributed by atoms with Crippen LogP contribution in [0.4, 0.5) is 8.78 Å². The lowest BCUT2D eigenvalue weighted by molar-refractivity contribution is 0.626. The Morgan fingerprint density at radius 2 is 1.52 bits per heavy atom. The van der Waals surface area contributed by atoms with Gasteiger partial charge in [-0.1, -0.05) is 52.3 Å². The number of hydrogen-bond donors (Lipinski definition) is 0. The molecule has 1 unspecified atom stereocenters. The molecule has 0 aliphatic rings. The van der Waals surface area contributed by atoms with Crippen molar-refractivity contribution in [1.29, 1.82) is 0 Å². The molecule has 21 heavy (non-hydrogen) atoms. The molecule has 3 aromatic rings. The standard InChI is InChI=1S/C17H10BrF2I/c18-17(14-6-5-10(19)9-16(14)21)13-7-8-15(20)12-4-2-1-3-11(12)13/h1-9,17H. The fourth-order valence-electron chi connectivity index (χ4n) is 2.38. The Balaban J connectivity index is 2.18. The van der Waals surface area contributed by atoms with Crippen LogP contribution in [0.25, 0.3) is 10.8 Å². The first-order valence-electron chi connectivity index (χ1n) is 6.34. The predicted molar refractivity (Wildman–Crippen MR) is 93.8 cm³/mol. The van der Waals surface area contributed by atoms with Gasteiger partial charge in [0.1, 0.15) is 11.6 Å². The minimum absolute atomic E-state index is 0.115. The van der Waals surface area contributed by atoms with Crippen LogP contribution in [0.5, 0.6) is 0 Å². The third kappa shape index (κ3) is 2.83. The predicted octanol–water partition coefficient (Wildman–Crippen LogP) is 6.21. The molecule has 0 radical (unpaired) electrons. The van der Waals surface area contributed by atoms with Gasteiger partial charge in [-0.15, -0.1) is 0 Å². The van der Waals surface area contributed by atoms with Gasteiger partial charge >= 0.3 is 0 Å². The Morgan fingerprint density at radius 1 is 0.857 bits per heavy atom. The summed E-state index contributed by atoms with van der Waals surface area (Å²) in [6.07, 6.45) is 0. The molecule has 0 heterocycles. The molecule has 0 N–H and O–H groups in total. The van der Waals surface area contributed by atoms with E-state index in [1.54, 1.807) is 18.2 Å². The Hall–Kier alpha value is -1.01. The number of halogens is 4. The fourth-order valence-corrected chi connectivity index (χ4v) is 4.40. The third-order valence-electron chi connectivity index (χ3n) is 3.41. The topological polar surface area (TPSA) is 0 Å². The van der Waals surface area contributed by atoms with Crippen LogP contribution >= 0.6 is 38.5 Å². The zero-order chi connectivity index (χ0) is 15.0. The van der Waals surface area contributed by atoms with Crippen LogP contribution in [0.1, 0.15) is 16.0 Å². The van der Waals surface area contributed by atoms with E-state index in [0.29, 0.717) is 5.39 Å². The van der Waals surface area contributed by atoms with Gasteiger partial charge in [0, 0.05) is 8.96 Å². The van der Waals surface area contributed by atoms with Gasteiger partial charge in [-0.05, 0) is 57.3 Å². The smallest absolute Gasteiger partial charge is 0.131 e. The van der Waals surface area contributed by atoms with Crippen molar-refractivity contribution in [3.8, 4) is 0 Å². The summed E-state index contributed by atoms with van der Waals surface area (Å²) in [6, 6.07) is 15.3. The van der Waals surface area contributed by atoms with Crippen LogP contribution in [-0.4, -0.2) is 0 Å². The minimum Gasteiger partial charge on any atom is -0.207 e. The second kappa shape index (κ2) is 6.01. The van der Waals surface area contributed by atoms with Crippen molar-refractivity contribution in [1.82, 2.24) is 0 Å². The van der Waals surface area contributed by atoms with E-state index in [-0.39, 0.29) is 16.5 Å². The Labute approximate surface area is 143 Å². The zero-order valence-electron chi connectivity index (χ0n) is 10.8. The molecule has 1 atom stereocenters. The van der Waals surface area contributed by atoms with Gasteiger partial charge in [-0.25, -0.2) is 8.78 Å². The zero-order valence-corrected chi connectivity index (χ0v) is 14.5. The van der Waals surface area contributed by atoms with Crippen molar-refractivity contribution in [3.63, 3.8) is 0 Å². The Kier molecular flexibility index (Phi) is 4.26. The maximum atomic E-state index is 13.9. The van der Waals surface area contributed by atoms with Gasteiger partial charge < -0.3 is 0 Å². The number of benzene rings is 3. The quantitative estimate of drug-likeness (QED) is 0.316. The molecule has 0 bridgehead atoms. The summed E-state index contributed by atoms with van der Waals surface area (Å²) in [5.74, 6) is -0.491. The van der Waals surface area contributed by atoms with Gasteiger partial charge in [0.25, 0.3) is 0 Å². The number of alkyl halides is 1.